The molecule has 1 aliphatic carbocycles. The highest BCUT2D eigenvalue weighted by Crippen LogP contribution is 2.31. The van der Waals surface area contributed by atoms with Crippen LogP contribution in [-0.2, 0) is 9.53 Å². The van der Waals surface area contributed by atoms with Gasteiger partial charge in [0.05, 0.1) is 6.54 Å². The summed E-state index contributed by atoms with van der Waals surface area (Å²) in [5, 5.41) is 0. The maximum atomic E-state index is 13.0. The van der Waals surface area contributed by atoms with Gasteiger partial charge >= 0.3 is 0 Å². The summed E-state index contributed by atoms with van der Waals surface area (Å²) in [6.45, 7) is 2.47. The minimum Gasteiger partial charge on any atom is -0.486 e. The number of carbonyl (C=O) groups excluding carboxylic acids is 1. The number of hydrogen-bond donors (Lipinski definition) is 0. The van der Waals surface area contributed by atoms with Gasteiger partial charge in [-0.1, -0.05) is 24.3 Å². The molecule has 0 spiro atoms. The van der Waals surface area contributed by atoms with Gasteiger partial charge in [-0.3, -0.25) is 4.79 Å². The van der Waals surface area contributed by atoms with E-state index in [1.54, 1.807) is 0 Å². The number of hydrogen-bond acceptors (Lipinski definition) is 4. The smallest absolute Gasteiger partial charge is 0.251 e. The Hall–Kier alpha value is -2.01. The van der Waals surface area contributed by atoms with Crippen LogP contribution in [0, 0.1) is 5.92 Å². The number of rotatable bonds is 5. The van der Waals surface area contributed by atoms with Gasteiger partial charge in [0.2, 0.25) is 0 Å². The number of benzene rings is 1. The number of amides is 1. The van der Waals surface area contributed by atoms with Gasteiger partial charge in [-0.25, -0.2) is 0 Å². The van der Waals surface area contributed by atoms with E-state index >= 15 is 0 Å². The van der Waals surface area contributed by atoms with E-state index in [2.05, 4.69) is 12.2 Å². The van der Waals surface area contributed by atoms with E-state index in [0.29, 0.717) is 25.7 Å². The van der Waals surface area contributed by atoms with Crippen molar-refractivity contribution in [1.29, 1.82) is 0 Å². The fourth-order valence-electron chi connectivity index (χ4n) is 3.96. The number of allylic oxidation sites excluding steroid dienone is 2. The summed E-state index contributed by atoms with van der Waals surface area (Å²) >= 11 is 0. The summed E-state index contributed by atoms with van der Waals surface area (Å²) < 4.78 is 17.6. The number of nitrogens with zero attached hydrogens (tertiary/aromatic N) is 1. The molecule has 0 bridgehead atoms. The van der Waals surface area contributed by atoms with Gasteiger partial charge in [-0.05, 0) is 50.2 Å². The molecule has 0 N–H and O–H groups in total. The minimum absolute atomic E-state index is 0.111. The quantitative estimate of drug-likeness (QED) is 0.760. The second-order valence-corrected chi connectivity index (χ2v) is 7.39. The molecular weight excluding hydrogens is 330 g/mol. The third-order valence-corrected chi connectivity index (χ3v) is 5.36. The summed E-state index contributed by atoms with van der Waals surface area (Å²) in [5.41, 5.74) is 0. The lowest BCUT2D eigenvalue weighted by atomic mass is 9.93. The Bertz CT molecular complexity index is 653. The van der Waals surface area contributed by atoms with Gasteiger partial charge in [0, 0.05) is 13.2 Å². The van der Waals surface area contributed by atoms with Crippen LogP contribution in [0.15, 0.2) is 36.4 Å². The van der Waals surface area contributed by atoms with Crippen molar-refractivity contribution in [2.24, 2.45) is 5.92 Å². The van der Waals surface area contributed by atoms with E-state index in [0.717, 1.165) is 50.1 Å². The van der Waals surface area contributed by atoms with Crippen molar-refractivity contribution < 1.29 is 19.0 Å². The van der Waals surface area contributed by atoms with Gasteiger partial charge in [0.25, 0.3) is 5.91 Å². The molecule has 1 fully saturated rings. The van der Waals surface area contributed by atoms with Gasteiger partial charge in [-0.2, -0.15) is 0 Å². The molecule has 0 aromatic heterocycles. The van der Waals surface area contributed by atoms with Crippen LogP contribution in [-0.4, -0.2) is 49.3 Å². The van der Waals surface area contributed by atoms with Crippen LogP contribution in [0.2, 0.25) is 0 Å². The molecular formula is C21H27NO4. The highest BCUT2D eigenvalue weighted by Gasteiger charge is 2.32. The third-order valence-electron chi connectivity index (χ3n) is 5.36. The van der Waals surface area contributed by atoms with Crippen LogP contribution in [0.25, 0.3) is 0 Å². The highest BCUT2D eigenvalue weighted by atomic mass is 16.6. The van der Waals surface area contributed by atoms with Crippen molar-refractivity contribution >= 4 is 5.91 Å². The van der Waals surface area contributed by atoms with Gasteiger partial charge in [-0.15, -0.1) is 0 Å². The predicted molar refractivity (Wildman–Crippen MR) is 98.4 cm³/mol. The van der Waals surface area contributed by atoms with Crippen molar-refractivity contribution in [3.63, 3.8) is 0 Å². The minimum atomic E-state index is -0.286. The Morgan fingerprint density at radius 2 is 2.00 bits per heavy atom. The molecule has 1 amide bonds. The lowest BCUT2D eigenvalue weighted by molar-refractivity contribution is -0.143. The Morgan fingerprint density at radius 1 is 1.12 bits per heavy atom. The Balaban J connectivity index is 1.43. The van der Waals surface area contributed by atoms with Crippen molar-refractivity contribution in [2.75, 3.05) is 26.3 Å². The average Bonchev–Trinajstić information content (AvgIpc) is 3.22. The van der Waals surface area contributed by atoms with Crippen LogP contribution in [0.4, 0.5) is 0 Å². The zero-order valence-electron chi connectivity index (χ0n) is 15.1. The lowest BCUT2D eigenvalue weighted by Gasteiger charge is -2.34. The first-order valence-electron chi connectivity index (χ1n) is 9.73. The molecule has 0 saturated carbocycles. The zero-order chi connectivity index (χ0) is 17.8. The fraction of sp³-hybridized carbons (Fsp3) is 0.571. The molecule has 5 heteroatoms. The topological polar surface area (TPSA) is 48.0 Å². The van der Waals surface area contributed by atoms with Crippen LogP contribution in [0.1, 0.15) is 32.1 Å². The second-order valence-electron chi connectivity index (χ2n) is 7.39. The maximum absolute atomic E-state index is 13.0. The molecule has 1 aromatic carbocycles. The van der Waals surface area contributed by atoms with E-state index in [1.807, 2.05) is 29.2 Å². The maximum Gasteiger partial charge on any atom is 0.251 e. The molecule has 3 unspecified atom stereocenters. The molecule has 2 aliphatic heterocycles. The summed E-state index contributed by atoms with van der Waals surface area (Å²) in [7, 11) is 0. The molecule has 26 heavy (non-hydrogen) atoms. The Kier molecular flexibility index (Phi) is 5.44. The van der Waals surface area contributed by atoms with E-state index in [-0.39, 0.29) is 18.1 Å². The molecule has 3 aliphatic rings. The second kappa shape index (κ2) is 8.12. The van der Waals surface area contributed by atoms with Crippen molar-refractivity contribution in [1.82, 2.24) is 4.90 Å². The van der Waals surface area contributed by atoms with E-state index < -0.39 is 0 Å². The first kappa shape index (κ1) is 17.4. The number of ether oxygens (including phenoxy) is 3. The normalized spacial score (nSPS) is 27.3. The summed E-state index contributed by atoms with van der Waals surface area (Å²) in [6.07, 6.45) is 9.11. The third kappa shape index (κ3) is 4.04. The Labute approximate surface area is 154 Å². The van der Waals surface area contributed by atoms with Gasteiger partial charge in [0.15, 0.2) is 17.6 Å². The molecule has 1 aromatic rings. The summed E-state index contributed by atoms with van der Waals surface area (Å²) in [4.78, 5) is 15.0. The fourth-order valence-corrected chi connectivity index (χ4v) is 3.96. The van der Waals surface area contributed by atoms with Crippen molar-refractivity contribution in [3.8, 4) is 11.5 Å². The molecule has 140 valence electrons. The number of carbonyl (C=O) groups is 1. The first-order valence-corrected chi connectivity index (χ1v) is 9.73. The van der Waals surface area contributed by atoms with Gasteiger partial charge < -0.3 is 19.1 Å². The first-order chi connectivity index (χ1) is 12.8. The molecule has 4 rings (SSSR count). The van der Waals surface area contributed by atoms with Crippen molar-refractivity contribution in [2.45, 2.75) is 44.3 Å². The van der Waals surface area contributed by atoms with E-state index in [4.69, 9.17) is 14.2 Å². The molecule has 5 nitrogen and oxygen atoms in total. The lowest BCUT2D eigenvalue weighted by Crippen LogP contribution is -2.48. The summed E-state index contributed by atoms with van der Waals surface area (Å²) in [6, 6.07) is 7.70. The highest BCUT2D eigenvalue weighted by molar-refractivity contribution is 5.81. The number of fused-ring (bicyclic) bond motifs is 1. The molecule has 3 atom stereocenters. The Morgan fingerprint density at radius 3 is 2.77 bits per heavy atom. The average molecular weight is 357 g/mol. The summed E-state index contributed by atoms with van der Waals surface area (Å²) in [5.74, 6) is 2.16. The molecule has 1 saturated heterocycles. The van der Waals surface area contributed by atoms with E-state index in [9.17, 15) is 4.79 Å². The van der Waals surface area contributed by atoms with E-state index in [1.165, 1.54) is 0 Å². The zero-order valence-corrected chi connectivity index (χ0v) is 15.1. The molecule has 0 radical (unpaired) electrons. The van der Waals surface area contributed by atoms with Crippen LogP contribution >= 0.6 is 0 Å². The monoisotopic (exact) mass is 357 g/mol. The number of para-hydroxylation sites is 2. The molecule has 2 heterocycles. The van der Waals surface area contributed by atoms with Crippen LogP contribution < -0.4 is 9.47 Å². The van der Waals surface area contributed by atoms with Crippen LogP contribution in [0.5, 0.6) is 11.5 Å². The predicted octanol–water partition coefficient (Wildman–Crippen LogP) is 3.19. The largest absolute Gasteiger partial charge is 0.486 e. The van der Waals surface area contributed by atoms with Gasteiger partial charge in [0.1, 0.15) is 12.7 Å². The van der Waals surface area contributed by atoms with Crippen molar-refractivity contribution in [3.05, 3.63) is 36.4 Å². The SMILES string of the molecule is O=C(C1CCCO1)N(CC1CC=CCC1)CC1COc2ccccc2O1. The van der Waals surface area contributed by atoms with Crippen LogP contribution in [0.3, 0.4) is 0 Å². The standard InChI is InChI=1S/C21H27NO4/c23-21(20-11-6-12-24-20)22(13-16-7-2-1-3-8-16)14-17-15-25-18-9-4-5-10-19(18)26-17/h1-2,4-5,9-10,16-17,20H,3,6-8,11-15H2.